The first-order valence-corrected chi connectivity index (χ1v) is 7.83. The van der Waals surface area contributed by atoms with Crippen molar-refractivity contribution in [1.29, 1.82) is 0 Å². The molecule has 0 aliphatic rings. The lowest BCUT2D eigenvalue weighted by Gasteiger charge is -2.13. The largest absolute Gasteiger partial charge is 0.391 e. The van der Waals surface area contributed by atoms with Crippen LogP contribution in [0.4, 0.5) is 0 Å². The summed E-state index contributed by atoms with van der Waals surface area (Å²) < 4.78 is 0. The smallest absolute Gasteiger partial charge is 0.252 e. The van der Waals surface area contributed by atoms with Crippen molar-refractivity contribution < 1.29 is 9.90 Å². The third-order valence-electron chi connectivity index (χ3n) is 2.61. The van der Waals surface area contributed by atoms with Crippen molar-refractivity contribution >= 4 is 29.3 Å². The zero-order valence-corrected chi connectivity index (χ0v) is 12.9. The molecule has 1 unspecified atom stereocenters. The molecule has 0 spiro atoms. The SMILES string of the molecule is CCCC(O)CNC(=O)c1cc(Cl)ccc1SCC. The van der Waals surface area contributed by atoms with Crippen LogP contribution in [0, 0.1) is 0 Å². The van der Waals surface area contributed by atoms with Crippen molar-refractivity contribution in [3.63, 3.8) is 0 Å². The van der Waals surface area contributed by atoms with Gasteiger partial charge in [-0.1, -0.05) is 31.9 Å². The molecule has 106 valence electrons. The number of hydrogen-bond acceptors (Lipinski definition) is 3. The fourth-order valence-electron chi connectivity index (χ4n) is 1.70. The molecule has 5 heteroatoms. The Kier molecular flexibility index (Phi) is 7.28. The van der Waals surface area contributed by atoms with Crippen LogP contribution >= 0.6 is 23.4 Å². The van der Waals surface area contributed by atoms with E-state index in [1.54, 1.807) is 23.9 Å². The molecule has 0 aliphatic heterocycles. The maximum Gasteiger partial charge on any atom is 0.252 e. The predicted molar refractivity (Wildman–Crippen MR) is 81.1 cm³/mol. The van der Waals surface area contributed by atoms with Gasteiger partial charge >= 0.3 is 0 Å². The number of nitrogens with one attached hydrogen (secondary N) is 1. The maximum atomic E-state index is 12.1. The molecular weight excluding hydrogens is 282 g/mol. The highest BCUT2D eigenvalue weighted by Crippen LogP contribution is 2.25. The average molecular weight is 302 g/mol. The minimum absolute atomic E-state index is 0.186. The Balaban J connectivity index is 2.72. The van der Waals surface area contributed by atoms with Gasteiger partial charge in [-0.3, -0.25) is 4.79 Å². The molecule has 1 amide bonds. The number of thioether (sulfide) groups is 1. The van der Waals surface area contributed by atoms with Crippen LogP contribution in [0.15, 0.2) is 23.1 Å². The third-order valence-corrected chi connectivity index (χ3v) is 3.80. The van der Waals surface area contributed by atoms with Gasteiger partial charge in [0.1, 0.15) is 0 Å². The summed E-state index contributed by atoms with van der Waals surface area (Å²) in [7, 11) is 0. The Morgan fingerprint density at radius 3 is 2.84 bits per heavy atom. The van der Waals surface area contributed by atoms with Crippen LogP contribution in [0.25, 0.3) is 0 Å². The lowest BCUT2D eigenvalue weighted by atomic mass is 10.2. The average Bonchev–Trinajstić information content (AvgIpc) is 2.38. The molecule has 0 fully saturated rings. The number of halogens is 1. The van der Waals surface area contributed by atoms with Crippen LogP contribution in [0.1, 0.15) is 37.0 Å². The molecule has 0 saturated carbocycles. The predicted octanol–water partition coefficient (Wildman–Crippen LogP) is 3.34. The number of carbonyl (C=O) groups excluding carboxylic acids is 1. The van der Waals surface area contributed by atoms with Gasteiger partial charge in [0.25, 0.3) is 5.91 Å². The second-order valence-electron chi connectivity index (χ2n) is 4.23. The molecule has 0 aromatic heterocycles. The van der Waals surface area contributed by atoms with Gasteiger partial charge in [0.15, 0.2) is 0 Å². The van der Waals surface area contributed by atoms with Crippen LogP contribution in [-0.4, -0.2) is 29.4 Å². The van der Waals surface area contributed by atoms with Gasteiger partial charge in [0, 0.05) is 16.5 Å². The first-order chi connectivity index (χ1) is 9.08. The van der Waals surface area contributed by atoms with E-state index in [4.69, 9.17) is 11.6 Å². The van der Waals surface area contributed by atoms with Crippen molar-refractivity contribution in [3.8, 4) is 0 Å². The van der Waals surface area contributed by atoms with E-state index in [2.05, 4.69) is 5.32 Å². The standard InChI is InChI=1S/C14H20ClNO2S/c1-3-5-11(17)9-16-14(18)12-8-10(15)6-7-13(12)19-4-2/h6-8,11,17H,3-5,9H2,1-2H3,(H,16,18). The van der Waals surface area contributed by atoms with Crippen LogP contribution in [0.2, 0.25) is 5.02 Å². The number of aliphatic hydroxyl groups excluding tert-OH is 1. The first-order valence-electron chi connectivity index (χ1n) is 6.47. The highest BCUT2D eigenvalue weighted by atomic mass is 35.5. The molecule has 1 rings (SSSR count). The lowest BCUT2D eigenvalue weighted by Crippen LogP contribution is -2.32. The van der Waals surface area contributed by atoms with Crippen LogP contribution < -0.4 is 5.32 Å². The summed E-state index contributed by atoms with van der Waals surface area (Å²) in [6, 6.07) is 5.30. The van der Waals surface area contributed by atoms with Crippen LogP contribution in [-0.2, 0) is 0 Å². The first kappa shape index (κ1) is 16.3. The summed E-state index contributed by atoms with van der Waals surface area (Å²) >= 11 is 7.54. The van der Waals surface area contributed by atoms with E-state index in [1.807, 2.05) is 19.9 Å². The van der Waals surface area contributed by atoms with Crippen molar-refractivity contribution in [3.05, 3.63) is 28.8 Å². The fourth-order valence-corrected chi connectivity index (χ4v) is 2.66. The number of amides is 1. The molecule has 1 atom stereocenters. The topological polar surface area (TPSA) is 49.3 Å². The van der Waals surface area contributed by atoms with E-state index >= 15 is 0 Å². The van der Waals surface area contributed by atoms with Crippen molar-refractivity contribution in [2.45, 2.75) is 37.7 Å². The van der Waals surface area contributed by atoms with Gasteiger partial charge in [0.2, 0.25) is 0 Å². The lowest BCUT2D eigenvalue weighted by molar-refractivity contribution is 0.0907. The Bertz CT molecular complexity index is 426. The minimum Gasteiger partial charge on any atom is -0.391 e. The summed E-state index contributed by atoms with van der Waals surface area (Å²) in [5.41, 5.74) is 0.572. The molecule has 0 saturated heterocycles. The zero-order chi connectivity index (χ0) is 14.3. The van der Waals surface area contributed by atoms with Gasteiger partial charge in [-0.15, -0.1) is 11.8 Å². The second-order valence-corrected chi connectivity index (χ2v) is 5.97. The summed E-state index contributed by atoms with van der Waals surface area (Å²) in [6.45, 7) is 4.30. The molecule has 3 nitrogen and oxygen atoms in total. The van der Waals surface area contributed by atoms with Gasteiger partial charge in [-0.05, 0) is 30.4 Å². The molecule has 0 aliphatic carbocycles. The maximum absolute atomic E-state index is 12.1. The number of aliphatic hydroxyl groups is 1. The Hall–Kier alpha value is -0.710. The molecule has 1 aromatic rings. The normalized spacial score (nSPS) is 12.2. The summed E-state index contributed by atoms with van der Waals surface area (Å²) in [4.78, 5) is 13.0. The number of rotatable bonds is 7. The fraction of sp³-hybridized carbons (Fsp3) is 0.500. The quantitative estimate of drug-likeness (QED) is 0.759. The minimum atomic E-state index is -0.490. The van der Waals surface area contributed by atoms with Crippen molar-refractivity contribution in [1.82, 2.24) is 5.32 Å². The summed E-state index contributed by atoms with van der Waals surface area (Å²) in [5.74, 6) is 0.703. The van der Waals surface area contributed by atoms with Crippen LogP contribution in [0.3, 0.4) is 0 Å². The molecule has 1 aromatic carbocycles. The third kappa shape index (κ3) is 5.43. The number of hydrogen-bond donors (Lipinski definition) is 2. The van der Waals surface area contributed by atoms with Crippen molar-refractivity contribution in [2.75, 3.05) is 12.3 Å². The number of benzene rings is 1. The number of carbonyl (C=O) groups is 1. The Labute approximate surface area is 123 Å². The second kappa shape index (κ2) is 8.46. The van der Waals surface area contributed by atoms with E-state index in [9.17, 15) is 9.90 Å². The summed E-state index contributed by atoms with van der Waals surface area (Å²) in [5, 5.41) is 12.9. The zero-order valence-electron chi connectivity index (χ0n) is 11.3. The highest BCUT2D eigenvalue weighted by molar-refractivity contribution is 7.99. The molecule has 0 radical (unpaired) electrons. The molecule has 19 heavy (non-hydrogen) atoms. The van der Waals surface area contributed by atoms with Gasteiger partial charge in [-0.25, -0.2) is 0 Å². The monoisotopic (exact) mass is 301 g/mol. The molecule has 0 heterocycles. The Morgan fingerprint density at radius 1 is 1.47 bits per heavy atom. The van der Waals surface area contributed by atoms with E-state index < -0.39 is 6.10 Å². The van der Waals surface area contributed by atoms with E-state index in [-0.39, 0.29) is 12.5 Å². The van der Waals surface area contributed by atoms with E-state index in [0.29, 0.717) is 17.0 Å². The van der Waals surface area contributed by atoms with Crippen LogP contribution in [0.5, 0.6) is 0 Å². The Morgan fingerprint density at radius 2 is 2.21 bits per heavy atom. The summed E-state index contributed by atoms with van der Waals surface area (Å²) in [6.07, 6.45) is 1.09. The van der Waals surface area contributed by atoms with Gasteiger partial charge in [0.05, 0.1) is 11.7 Å². The van der Waals surface area contributed by atoms with E-state index in [1.165, 1.54) is 0 Å². The molecule has 0 bridgehead atoms. The highest BCUT2D eigenvalue weighted by Gasteiger charge is 2.13. The van der Waals surface area contributed by atoms with Crippen molar-refractivity contribution in [2.24, 2.45) is 0 Å². The van der Waals surface area contributed by atoms with Gasteiger partial charge < -0.3 is 10.4 Å². The molecular formula is C14H20ClNO2S. The van der Waals surface area contributed by atoms with E-state index in [0.717, 1.165) is 17.1 Å². The van der Waals surface area contributed by atoms with Gasteiger partial charge in [-0.2, -0.15) is 0 Å². The molecule has 2 N–H and O–H groups in total.